The summed E-state index contributed by atoms with van der Waals surface area (Å²) >= 11 is 0. The van der Waals surface area contributed by atoms with Gasteiger partial charge in [-0.25, -0.2) is 0 Å². The molecule has 2 heterocycles. The van der Waals surface area contributed by atoms with Crippen molar-refractivity contribution in [2.24, 2.45) is 5.92 Å². The van der Waals surface area contributed by atoms with Gasteiger partial charge in [0.15, 0.2) is 0 Å². The maximum absolute atomic E-state index is 12.2. The first kappa shape index (κ1) is 12.0. The molecule has 1 aliphatic carbocycles. The first-order valence-corrected chi connectivity index (χ1v) is 6.68. The summed E-state index contributed by atoms with van der Waals surface area (Å²) < 4.78 is 0. The number of nitrogens with one attached hydrogen (secondary N) is 1. The summed E-state index contributed by atoms with van der Waals surface area (Å²) in [6.07, 6.45) is 12.0. The van der Waals surface area contributed by atoms with Crippen LogP contribution in [0.3, 0.4) is 0 Å². The zero-order valence-electron chi connectivity index (χ0n) is 11.0. The van der Waals surface area contributed by atoms with Crippen molar-refractivity contribution in [2.45, 2.75) is 6.04 Å². The number of aliphatic hydroxyl groups excluding tert-OH is 1. The van der Waals surface area contributed by atoms with Crippen LogP contribution in [0.4, 0.5) is 5.69 Å². The van der Waals surface area contributed by atoms with Crippen molar-refractivity contribution >= 4 is 22.5 Å². The number of hydrogen-bond acceptors (Lipinski definition) is 3. The Hall–Kier alpha value is -2.82. The van der Waals surface area contributed by atoms with Gasteiger partial charge in [0, 0.05) is 17.0 Å². The highest BCUT2D eigenvalue weighted by Gasteiger charge is 2.38. The van der Waals surface area contributed by atoms with Gasteiger partial charge in [-0.1, -0.05) is 24.3 Å². The summed E-state index contributed by atoms with van der Waals surface area (Å²) in [5.74, 6) is -0.391. The predicted octanol–water partition coefficient (Wildman–Crippen LogP) is 2.27. The number of aromatic amines is 1. The second-order valence-corrected chi connectivity index (χ2v) is 5.12. The van der Waals surface area contributed by atoms with Crippen molar-refractivity contribution in [3.05, 3.63) is 60.5 Å². The molecule has 0 saturated heterocycles. The van der Waals surface area contributed by atoms with Gasteiger partial charge in [-0.2, -0.15) is 5.10 Å². The van der Waals surface area contributed by atoms with Gasteiger partial charge in [-0.15, -0.1) is 0 Å². The highest BCUT2D eigenvalue weighted by molar-refractivity contribution is 6.03. The number of hydrogen-bond donors (Lipinski definition) is 2. The minimum atomic E-state index is -0.437. The second-order valence-electron chi connectivity index (χ2n) is 5.12. The topological polar surface area (TPSA) is 69.2 Å². The predicted molar refractivity (Wildman–Crippen MR) is 78.5 cm³/mol. The van der Waals surface area contributed by atoms with Crippen LogP contribution in [0.25, 0.3) is 10.9 Å². The summed E-state index contributed by atoms with van der Waals surface area (Å²) in [5.41, 5.74) is 1.56. The minimum absolute atomic E-state index is 0.0223. The average molecular weight is 278 g/mol. The number of rotatable bonds is 2. The number of nitrogens with zero attached hydrogens (tertiary/aromatic N) is 2. The average Bonchev–Trinajstić information content (AvgIpc) is 3.17. The fourth-order valence-electron chi connectivity index (χ4n) is 2.86. The molecule has 0 bridgehead atoms. The zero-order chi connectivity index (χ0) is 14.4. The molecule has 0 fully saturated rings. The molecule has 21 heavy (non-hydrogen) atoms. The molecule has 1 unspecified atom stereocenters. The van der Waals surface area contributed by atoms with Crippen molar-refractivity contribution in [2.75, 3.05) is 4.90 Å². The van der Waals surface area contributed by atoms with E-state index in [1.54, 1.807) is 11.1 Å². The van der Waals surface area contributed by atoms with Gasteiger partial charge in [0.05, 0.1) is 17.8 Å². The number of H-pyrrole nitrogens is 1. The van der Waals surface area contributed by atoms with Gasteiger partial charge in [-0.05, 0) is 18.2 Å². The zero-order valence-corrected chi connectivity index (χ0v) is 11.0. The number of fused-ring (bicyclic) bond motifs is 1. The van der Waals surface area contributed by atoms with Crippen LogP contribution in [0.2, 0.25) is 0 Å². The molecule has 0 spiro atoms. The van der Waals surface area contributed by atoms with Crippen LogP contribution in [-0.4, -0.2) is 27.3 Å². The summed E-state index contributed by atoms with van der Waals surface area (Å²) in [6, 6.07) is 5.17. The minimum Gasteiger partial charge on any atom is -0.509 e. The molecule has 1 amide bonds. The second kappa shape index (κ2) is 4.34. The van der Waals surface area contributed by atoms with Crippen molar-refractivity contribution in [3.8, 4) is 0 Å². The lowest BCUT2D eigenvalue weighted by atomic mass is 9.99. The number of amides is 1. The largest absolute Gasteiger partial charge is 0.509 e. The maximum atomic E-state index is 12.2. The van der Waals surface area contributed by atoms with Crippen LogP contribution < -0.4 is 4.90 Å². The van der Waals surface area contributed by atoms with E-state index in [9.17, 15) is 9.90 Å². The number of carbonyl (C=O) groups is 1. The third-order valence-corrected chi connectivity index (χ3v) is 3.86. The summed E-state index contributed by atoms with van der Waals surface area (Å²) in [5, 5.41) is 17.9. The van der Waals surface area contributed by atoms with Crippen LogP contribution in [0.5, 0.6) is 0 Å². The molecule has 2 N–H and O–H groups in total. The van der Waals surface area contributed by atoms with E-state index in [0.717, 1.165) is 10.9 Å². The van der Waals surface area contributed by atoms with E-state index >= 15 is 0 Å². The quantitative estimate of drug-likeness (QED) is 0.885. The van der Waals surface area contributed by atoms with Gasteiger partial charge in [0.25, 0.3) is 5.91 Å². The first-order valence-electron chi connectivity index (χ1n) is 6.68. The third-order valence-electron chi connectivity index (χ3n) is 3.86. The lowest BCUT2D eigenvalue weighted by Gasteiger charge is -2.28. The van der Waals surface area contributed by atoms with Gasteiger partial charge < -0.3 is 5.11 Å². The molecule has 1 radical (unpaired) electrons. The van der Waals surface area contributed by atoms with Gasteiger partial charge in [0.2, 0.25) is 0 Å². The Bertz CT molecular complexity index is 804. The third kappa shape index (κ3) is 1.78. The molecule has 5 heteroatoms. The number of aromatic nitrogens is 2. The van der Waals surface area contributed by atoms with Crippen molar-refractivity contribution in [1.29, 1.82) is 0 Å². The fraction of sp³-hybridized carbons (Fsp3) is 0.125. The number of allylic oxidation sites excluding steroid dienone is 2. The van der Waals surface area contributed by atoms with E-state index in [2.05, 4.69) is 16.3 Å². The Balaban J connectivity index is 1.79. The van der Waals surface area contributed by atoms with Crippen molar-refractivity contribution < 1.29 is 9.90 Å². The van der Waals surface area contributed by atoms with Crippen LogP contribution in [0.1, 0.15) is 0 Å². The molecule has 2 aliphatic rings. The number of anilines is 1. The van der Waals surface area contributed by atoms with Crippen LogP contribution in [0, 0.1) is 12.0 Å². The van der Waals surface area contributed by atoms with E-state index < -0.39 is 6.04 Å². The van der Waals surface area contributed by atoms with Crippen LogP contribution in [-0.2, 0) is 4.79 Å². The molecule has 1 atom stereocenters. The molecular weight excluding hydrogens is 266 g/mol. The Morgan fingerprint density at radius 1 is 1.29 bits per heavy atom. The Morgan fingerprint density at radius 3 is 2.90 bits per heavy atom. The molecule has 0 saturated carbocycles. The van der Waals surface area contributed by atoms with E-state index in [0.29, 0.717) is 5.69 Å². The molecule has 1 aromatic carbocycles. The van der Waals surface area contributed by atoms with E-state index in [1.165, 1.54) is 0 Å². The van der Waals surface area contributed by atoms with Crippen LogP contribution >= 0.6 is 0 Å². The number of benzene rings is 1. The van der Waals surface area contributed by atoms with E-state index in [1.807, 2.05) is 42.5 Å². The van der Waals surface area contributed by atoms with E-state index in [-0.39, 0.29) is 17.6 Å². The Labute approximate surface area is 120 Å². The van der Waals surface area contributed by atoms with Crippen molar-refractivity contribution in [3.63, 3.8) is 0 Å². The standard InChI is InChI=1S/C16H12N3O2/c20-14-8-15(21)19(16(14)10-3-1-2-4-10)12-6-5-11-9-17-18-13(11)7-12/h1-7,9-10,16,20H,(H,17,18). The molecular formula is C16H12N3O2. The molecule has 2 aromatic rings. The molecule has 103 valence electrons. The maximum Gasteiger partial charge on any atom is 0.263 e. The van der Waals surface area contributed by atoms with Gasteiger partial charge >= 0.3 is 0 Å². The molecule has 1 aromatic heterocycles. The van der Waals surface area contributed by atoms with Gasteiger partial charge in [0.1, 0.15) is 11.8 Å². The summed E-state index contributed by atoms with van der Waals surface area (Å²) in [4.78, 5) is 13.8. The lowest BCUT2D eigenvalue weighted by molar-refractivity contribution is -0.114. The normalized spacial score (nSPS) is 21.7. The lowest BCUT2D eigenvalue weighted by Crippen LogP contribution is -2.39. The Kier molecular flexibility index (Phi) is 2.47. The highest BCUT2D eigenvalue weighted by Crippen LogP contribution is 2.33. The smallest absolute Gasteiger partial charge is 0.263 e. The fourth-order valence-corrected chi connectivity index (χ4v) is 2.86. The number of aliphatic hydroxyl groups is 1. The Morgan fingerprint density at radius 2 is 2.10 bits per heavy atom. The SMILES string of the molecule is O=C1[C]=C(O)C(C2C=CC=C2)N1c1ccc2cn[nH]c2c1. The number of carbonyl (C=O) groups excluding carboxylic acids is 1. The summed E-state index contributed by atoms with van der Waals surface area (Å²) in [6.45, 7) is 0. The molecule has 1 aliphatic heterocycles. The van der Waals surface area contributed by atoms with Gasteiger partial charge in [-0.3, -0.25) is 14.8 Å². The first-order chi connectivity index (χ1) is 10.2. The molecule has 5 nitrogen and oxygen atoms in total. The molecule has 4 rings (SSSR count). The van der Waals surface area contributed by atoms with Crippen molar-refractivity contribution in [1.82, 2.24) is 10.2 Å². The van der Waals surface area contributed by atoms with Crippen LogP contribution in [0.15, 0.2) is 54.5 Å². The monoisotopic (exact) mass is 278 g/mol. The highest BCUT2D eigenvalue weighted by atomic mass is 16.3. The van der Waals surface area contributed by atoms with E-state index in [4.69, 9.17) is 0 Å². The summed E-state index contributed by atoms with van der Waals surface area (Å²) in [7, 11) is 0.